The van der Waals surface area contributed by atoms with Crippen LogP contribution in [0.4, 0.5) is 17.2 Å². The van der Waals surface area contributed by atoms with E-state index < -0.39 is 0 Å². The van der Waals surface area contributed by atoms with Crippen LogP contribution in [-0.4, -0.2) is 82.2 Å². The van der Waals surface area contributed by atoms with Gasteiger partial charge in [-0.15, -0.1) is 0 Å². The van der Waals surface area contributed by atoms with Crippen molar-refractivity contribution in [1.82, 2.24) is 35.1 Å². The number of rotatable bonds is 9. The zero-order valence-corrected chi connectivity index (χ0v) is 24.7. The smallest absolute Gasteiger partial charge is 0.224 e. The van der Waals surface area contributed by atoms with Crippen LogP contribution >= 0.6 is 0 Å². The average molecular weight is 580 g/mol. The second kappa shape index (κ2) is 12.7. The van der Waals surface area contributed by atoms with Crippen LogP contribution in [-0.2, 0) is 11.2 Å². The summed E-state index contributed by atoms with van der Waals surface area (Å²) in [5, 5.41) is 10.1. The molecule has 3 aliphatic rings. The lowest BCUT2D eigenvalue weighted by atomic mass is 9.86. The van der Waals surface area contributed by atoms with Crippen molar-refractivity contribution < 1.29 is 4.79 Å². The van der Waals surface area contributed by atoms with E-state index in [4.69, 9.17) is 0 Å². The number of benzene rings is 2. The monoisotopic (exact) mass is 579 g/mol. The van der Waals surface area contributed by atoms with Crippen molar-refractivity contribution in [3.8, 4) is 0 Å². The third-order valence-electron chi connectivity index (χ3n) is 9.28. The van der Waals surface area contributed by atoms with Gasteiger partial charge in [-0.2, -0.15) is 0 Å². The van der Waals surface area contributed by atoms with E-state index in [9.17, 15) is 4.79 Å². The van der Waals surface area contributed by atoms with Gasteiger partial charge in [-0.25, -0.2) is 15.0 Å². The number of carbonyl (C=O) groups excluding carboxylic acids is 1. The standard InChI is InChI=1S/C33H41N9O/c43-30(18-24-4-2-1-3-5-24)38-27-19-29(20-27)42-23-37-31-32(35-22-36-33(31)42)39-26-6-8-28(9-7-26)41-16-14-40(15-17-41)21-25-10-12-34-13-11-25/h1-9,22-23,25,27,29,34H,10-21H2,(H,38,43)(H,35,36,39). The molecule has 4 heterocycles. The van der Waals surface area contributed by atoms with E-state index in [0.717, 1.165) is 67.4 Å². The van der Waals surface area contributed by atoms with E-state index in [-0.39, 0.29) is 18.0 Å². The molecule has 10 nitrogen and oxygen atoms in total. The number of piperidine rings is 1. The fourth-order valence-electron chi connectivity index (χ4n) is 6.71. The number of hydrogen-bond donors (Lipinski definition) is 3. The Morgan fingerprint density at radius 1 is 0.907 bits per heavy atom. The van der Waals surface area contributed by atoms with Crippen molar-refractivity contribution in [2.75, 3.05) is 56.0 Å². The van der Waals surface area contributed by atoms with Gasteiger partial charge in [-0.1, -0.05) is 30.3 Å². The summed E-state index contributed by atoms with van der Waals surface area (Å²) in [5.41, 5.74) is 4.85. The predicted molar refractivity (Wildman–Crippen MR) is 170 cm³/mol. The van der Waals surface area contributed by atoms with Crippen LogP contribution in [0.5, 0.6) is 0 Å². The van der Waals surface area contributed by atoms with Crippen molar-refractivity contribution in [1.29, 1.82) is 0 Å². The predicted octanol–water partition coefficient (Wildman–Crippen LogP) is 3.75. The van der Waals surface area contributed by atoms with Crippen LogP contribution < -0.4 is 20.9 Å². The molecular weight excluding hydrogens is 538 g/mol. The summed E-state index contributed by atoms with van der Waals surface area (Å²) in [6, 6.07) is 18.9. The molecule has 0 atom stereocenters. The maximum atomic E-state index is 12.5. The summed E-state index contributed by atoms with van der Waals surface area (Å²) in [6.07, 6.45) is 8.21. The number of carbonyl (C=O) groups is 1. The summed E-state index contributed by atoms with van der Waals surface area (Å²) in [4.78, 5) is 31.3. The number of piperazine rings is 1. The highest BCUT2D eigenvalue weighted by Gasteiger charge is 2.33. The van der Waals surface area contributed by atoms with Gasteiger partial charge in [-0.05, 0) is 74.5 Å². The number of imidazole rings is 1. The molecular formula is C33H41N9O. The molecule has 2 aromatic heterocycles. The van der Waals surface area contributed by atoms with Gasteiger partial charge < -0.3 is 25.4 Å². The van der Waals surface area contributed by atoms with Crippen molar-refractivity contribution in [2.24, 2.45) is 5.92 Å². The lowest BCUT2D eigenvalue weighted by Gasteiger charge is -2.38. The highest BCUT2D eigenvalue weighted by atomic mass is 16.1. The number of amides is 1. The molecule has 0 unspecified atom stereocenters. The summed E-state index contributed by atoms with van der Waals surface area (Å²) in [6.45, 7) is 7.99. The second-order valence-electron chi connectivity index (χ2n) is 12.3. The van der Waals surface area contributed by atoms with Crippen LogP contribution in [0.2, 0.25) is 0 Å². The molecule has 0 radical (unpaired) electrons. The van der Waals surface area contributed by atoms with Gasteiger partial charge in [0.15, 0.2) is 17.0 Å². The third-order valence-corrected chi connectivity index (χ3v) is 9.28. The minimum absolute atomic E-state index is 0.0693. The molecule has 0 bridgehead atoms. The zero-order chi connectivity index (χ0) is 29.0. The van der Waals surface area contributed by atoms with E-state index in [0.29, 0.717) is 12.2 Å². The molecule has 10 heteroatoms. The van der Waals surface area contributed by atoms with Crippen LogP contribution in [0.15, 0.2) is 67.3 Å². The summed E-state index contributed by atoms with van der Waals surface area (Å²) >= 11 is 0. The number of anilines is 3. The maximum absolute atomic E-state index is 12.5. The van der Waals surface area contributed by atoms with Gasteiger partial charge in [-0.3, -0.25) is 9.69 Å². The van der Waals surface area contributed by atoms with Crippen molar-refractivity contribution in [3.63, 3.8) is 0 Å². The fourth-order valence-corrected chi connectivity index (χ4v) is 6.71. The minimum atomic E-state index is 0.0693. The first-order valence-corrected chi connectivity index (χ1v) is 15.7. The van der Waals surface area contributed by atoms with E-state index >= 15 is 0 Å². The molecule has 4 aromatic rings. The van der Waals surface area contributed by atoms with E-state index in [2.05, 4.69) is 69.5 Å². The molecule has 1 aliphatic carbocycles. The van der Waals surface area contributed by atoms with E-state index in [1.54, 1.807) is 6.33 Å². The molecule has 3 fully saturated rings. The fraction of sp³-hybridized carbons (Fsp3) is 0.455. The Balaban J connectivity index is 0.920. The van der Waals surface area contributed by atoms with E-state index in [1.807, 2.05) is 36.7 Å². The van der Waals surface area contributed by atoms with Gasteiger partial charge in [0.05, 0.1) is 12.7 Å². The lowest BCUT2D eigenvalue weighted by molar-refractivity contribution is -0.121. The molecule has 2 saturated heterocycles. The first kappa shape index (κ1) is 27.8. The van der Waals surface area contributed by atoms with Gasteiger partial charge in [0.1, 0.15) is 6.33 Å². The summed E-state index contributed by atoms with van der Waals surface area (Å²) in [5.74, 6) is 1.62. The third kappa shape index (κ3) is 6.50. The molecule has 0 spiro atoms. The largest absolute Gasteiger partial charge is 0.369 e. The van der Waals surface area contributed by atoms with Gasteiger partial charge in [0.2, 0.25) is 5.91 Å². The molecule has 2 aromatic carbocycles. The SMILES string of the molecule is O=C(Cc1ccccc1)NC1CC(n2cnc3c(Nc4ccc(N5CCN(CC6CCNCC6)CC5)cc4)ncnc32)C1. The van der Waals surface area contributed by atoms with Gasteiger partial charge >= 0.3 is 0 Å². The topological polar surface area (TPSA) is 103 Å². The quantitative estimate of drug-likeness (QED) is 0.276. The number of hydrogen-bond acceptors (Lipinski definition) is 8. The molecule has 2 aliphatic heterocycles. The summed E-state index contributed by atoms with van der Waals surface area (Å²) in [7, 11) is 0. The first-order chi connectivity index (χ1) is 21.2. The van der Waals surface area contributed by atoms with E-state index in [1.165, 1.54) is 38.2 Å². The number of nitrogens with one attached hydrogen (secondary N) is 3. The van der Waals surface area contributed by atoms with Crippen molar-refractivity contribution in [3.05, 3.63) is 72.8 Å². The zero-order valence-electron chi connectivity index (χ0n) is 24.7. The Hall–Kier alpha value is -4.02. The highest BCUT2D eigenvalue weighted by molar-refractivity contribution is 5.85. The number of nitrogens with zero attached hydrogens (tertiary/aromatic N) is 6. The molecule has 1 saturated carbocycles. The molecule has 7 rings (SSSR count). The van der Waals surface area contributed by atoms with Crippen molar-refractivity contribution in [2.45, 2.75) is 44.2 Å². The Kier molecular flexibility index (Phi) is 8.20. The molecule has 1 amide bonds. The Labute approximate surface area is 252 Å². The van der Waals surface area contributed by atoms with Crippen LogP contribution in [0.1, 0.15) is 37.3 Å². The molecule has 224 valence electrons. The van der Waals surface area contributed by atoms with Crippen molar-refractivity contribution >= 4 is 34.3 Å². The Bertz CT molecular complexity index is 1500. The first-order valence-electron chi connectivity index (χ1n) is 15.7. The normalized spacial score (nSPS) is 21.4. The highest BCUT2D eigenvalue weighted by Crippen LogP contribution is 2.35. The lowest BCUT2D eigenvalue weighted by Crippen LogP contribution is -2.48. The maximum Gasteiger partial charge on any atom is 0.224 e. The summed E-state index contributed by atoms with van der Waals surface area (Å²) < 4.78 is 2.12. The van der Waals surface area contributed by atoms with Crippen LogP contribution in [0.3, 0.4) is 0 Å². The van der Waals surface area contributed by atoms with Crippen LogP contribution in [0.25, 0.3) is 11.2 Å². The van der Waals surface area contributed by atoms with Gasteiger partial charge in [0, 0.05) is 56.2 Å². The minimum Gasteiger partial charge on any atom is -0.369 e. The molecule has 3 N–H and O–H groups in total. The Morgan fingerprint density at radius 3 is 2.44 bits per heavy atom. The Morgan fingerprint density at radius 2 is 1.67 bits per heavy atom. The average Bonchev–Trinajstić information content (AvgIpc) is 3.45. The molecule has 43 heavy (non-hydrogen) atoms. The van der Waals surface area contributed by atoms with Crippen LogP contribution in [0, 0.1) is 5.92 Å². The van der Waals surface area contributed by atoms with Gasteiger partial charge in [0.25, 0.3) is 0 Å². The second-order valence-corrected chi connectivity index (χ2v) is 12.3. The number of fused-ring (bicyclic) bond motifs is 1. The number of aromatic nitrogens is 4.